The van der Waals surface area contributed by atoms with Crippen LogP contribution in [0.15, 0.2) is 42.5 Å². The van der Waals surface area contributed by atoms with E-state index in [1.807, 2.05) is 38.1 Å². The Balaban J connectivity index is 1.53. The number of ether oxygens (including phenoxy) is 1. The zero-order valence-corrected chi connectivity index (χ0v) is 19.1. The van der Waals surface area contributed by atoms with Gasteiger partial charge in [-0.25, -0.2) is 0 Å². The van der Waals surface area contributed by atoms with Gasteiger partial charge in [-0.1, -0.05) is 50.2 Å². The first-order valence-corrected chi connectivity index (χ1v) is 11.1. The van der Waals surface area contributed by atoms with Crippen LogP contribution in [0.5, 0.6) is 0 Å². The second kappa shape index (κ2) is 10.8. The maximum Gasteiger partial charge on any atom is 0.311 e. The van der Waals surface area contributed by atoms with Gasteiger partial charge in [-0.3, -0.25) is 29.6 Å². The number of carbonyl (C=O) groups excluding carboxylic acids is 4. The predicted octanol–water partition coefficient (Wildman–Crippen LogP) is 2.80. The summed E-state index contributed by atoms with van der Waals surface area (Å²) >= 11 is 0. The van der Waals surface area contributed by atoms with Crippen molar-refractivity contribution < 1.29 is 23.9 Å². The number of aryl methyl sites for hydroxylation is 3. The number of nitrogens with one attached hydrogen (secondary N) is 2. The highest BCUT2D eigenvalue weighted by molar-refractivity contribution is 5.98. The monoisotopic (exact) mass is 451 g/mol. The number of rotatable bonds is 8. The van der Waals surface area contributed by atoms with E-state index in [0.717, 1.165) is 40.2 Å². The van der Waals surface area contributed by atoms with Crippen LogP contribution >= 0.6 is 0 Å². The van der Waals surface area contributed by atoms with Crippen LogP contribution in [-0.4, -0.2) is 41.9 Å². The number of esters is 1. The summed E-state index contributed by atoms with van der Waals surface area (Å²) in [5.74, 6) is -2.64. The van der Waals surface area contributed by atoms with Crippen molar-refractivity contribution in [2.24, 2.45) is 5.92 Å². The molecular formula is C25H29N3O5. The smallest absolute Gasteiger partial charge is 0.311 e. The Bertz CT molecular complexity index is 1040. The Morgan fingerprint density at radius 3 is 2.33 bits per heavy atom. The van der Waals surface area contributed by atoms with Gasteiger partial charge in [0, 0.05) is 17.7 Å². The molecule has 0 bridgehead atoms. The molecule has 1 atom stereocenters. The SMILES string of the molecule is CCc1cccc(CC)c1NC(=O)COC(=O)[C@@H]1CC(=O)N(NC(=O)c2ccccc2C)C1. The number of nitrogens with zero attached hydrogens (tertiary/aromatic N) is 1. The summed E-state index contributed by atoms with van der Waals surface area (Å²) in [5.41, 5.74) is 6.55. The van der Waals surface area contributed by atoms with E-state index in [-0.39, 0.29) is 18.9 Å². The minimum Gasteiger partial charge on any atom is -0.455 e. The number of amides is 3. The largest absolute Gasteiger partial charge is 0.455 e. The second-order valence-corrected chi connectivity index (χ2v) is 7.98. The minimum absolute atomic E-state index is 0.00441. The lowest BCUT2D eigenvalue weighted by Gasteiger charge is -2.18. The standard InChI is InChI=1S/C25H29N3O5/c1-4-17-10-8-11-18(5-2)23(17)26-21(29)15-33-25(32)19-13-22(30)28(14-19)27-24(31)20-12-7-6-9-16(20)3/h6-12,19H,4-5,13-15H2,1-3H3,(H,26,29)(H,27,31)/t19-/m1/s1. The summed E-state index contributed by atoms with van der Waals surface area (Å²) in [5, 5.41) is 3.97. The van der Waals surface area contributed by atoms with Crippen LogP contribution < -0.4 is 10.7 Å². The minimum atomic E-state index is -0.753. The Morgan fingerprint density at radius 2 is 1.70 bits per heavy atom. The highest BCUT2D eigenvalue weighted by Gasteiger charge is 2.36. The van der Waals surface area contributed by atoms with E-state index >= 15 is 0 Å². The Hall–Kier alpha value is -3.68. The van der Waals surface area contributed by atoms with Crippen molar-refractivity contribution in [3.63, 3.8) is 0 Å². The molecule has 3 rings (SSSR count). The molecule has 2 aromatic rings. The lowest BCUT2D eigenvalue weighted by atomic mass is 10.0. The Morgan fingerprint density at radius 1 is 1.03 bits per heavy atom. The molecule has 0 radical (unpaired) electrons. The fourth-order valence-corrected chi connectivity index (χ4v) is 3.82. The first-order valence-electron chi connectivity index (χ1n) is 11.1. The van der Waals surface area contributed by atoms with Crippen LogP contribution in [0.4, 0.5) is 5.69 Å². The number of hydrogen-bond donors (Lipinski definition) is 2. The van der Waals surface area contributed by atoms with Gasteiger partial charge in [0.2, 0.25) is 5.91 Å². The summed E-state index contributed by atoms with van der Waals surface area (Å²) < 4.78 is 5.17. The van der Waals surface area contributed by atoms with E-state index in [2.05, 4.69) is 10.7 Å². The summed E-state index contributed by atoms with van der Waals surface area (Å²) in [6, 6.07) is 12.9. The predicted molar refractivity (Wildman–Crippen MR) is 123 cm³/mol. The topological polar surface area (TPSA) is 105 Å². The van der Waals surface area contributed by atoms with E-state index in [0.29, 0.717) is 5.56 Å². The van der Waals surface area contributed by atoms with E-state index in [9.17, 15) is 19.2 Å². The molecule has 0 saturated carbocycles. The maximum atomic E-state index is 12.5. The van der Waals surface area contributed by atoms with Gasteiger partial charge in [0.15, 0.2) is 6.61 Å². The summed E-state index contributed by atoms with van der Waals surface area (Å²) in [6.07, 6.45) is 1.43. The van der Waals surface area contributed by atoms with Gasteiger partial charge >= 0.3 is 5.97 Å². The molecule has 0 aromatic heterocycles. The van der Waals surface area contributed by atoms with Crippen LogP contribution in [0.2, 0.25) is 0 Å². The average Bonchev–Trinajstić information content (AvgIpc) is 3.17. The van der Waals surface area contributed by atoms with Gasteiger partial charge in [-0.05, 0) is 42.5 Å². The number of benzene rings is 2. The van der Waals surface area contributed by atoms with E-state index in [1.54, 1.807) is 25.1 Å². The lowest BCUT2D eigenvalue weighted by Crippen LogP contribution is -2.43. The van der Waals surface area contributed by atoms with E-state index in [1.165, 1.54) is 0 Å². The first-order chi connectivity index (χ1) is 15.8. The van der Waals surface area contributed by atoms with Crippen LogP contribution in [-0.2, 0) is 32.0 Å². The molecule has 1 heterocycles. The molecule has 2 aromatic carbocycles. The number of carbonyl (C=O) groups is 4. The fourth-order valence-electron chi connectivity index (χ4n) is 3.82. The molecule has 174 valence electrons. The van der Waals surface area contributed by atoms with Crippen molar-refractivity contribution in [3.8, 4) is 0 Å². The van der Waals surface area contributed by atoms with E-state index in [4.69, 9.17) is 4.74 Å². The normalized spacial score (nSPS) is 15.3. The Kier molecular flexibility index (Phi) is 7.82. The van der Waals surface area contributed by atoms with Crippen LogP contribution in [0.1, 0.15) is 47.3 Å². The molecular weight excluding hydrogens is 422 g/mol. The number of hydrazine groups is 1. The van der Waals surface area contributed by atoms with Gasteiger partial charge in [0.05, 0.1) is 12.5 Å². The molecule has 8 heteroatoms. The van der Waals surface area contributed by atoms with Crippen molar-refractivity contribution in [3.05, 3.63) is 64.7 Å². The van der Waals surface area contributed by atoms with Crippen LogP contribution in [0.25, 0.3) is 0 Å². The summed E-state index contributed by atoms with van der Waals surface area (Å²) in [7, 11) is 0. The highest BCUT2D eigenvalue weighted by Crippen LogP contribution is 2.23. The molecule has 0 aliphatic carbocycles. The van der Waals surface area contributed by atoms with Gasteiger partial charge in [0.25, 0.3) is 11.8 Å². The second-order valence-electron chi connectivity index (χ2n) is 7.98. The van der Waals surface area contributed by atoms with Gasteiger partial charge in [0.1, 0.15) is 0 Å². The third-order valence-corrected chi connectivity index (χ3v) is 5.69. The zero-order valence-electron chi connectivity index (χ0n) is 19.1. The zero-order chi connectivity index (χ0) is 24.0. The van der Waals surface area contributed by atoms with E-state index < -0.39 is 30.3 Å². The fraction of sp³-hybridized carbons (Fsp3) is 0.360. The van der Waals surface area contributed by atoms with Gasteiger partial charge in [-0.2, -0.15) is 0 Å². The number of hydrogen-bond acceptors (Lipinski definition) is 5. The number of anilines is 1. The first kappa shape index (κ1) is 24.0. The number of para-hydroxylation sites is 1. The third-order valence-electron chi connectivity index (χ3n) is 5.69. The van der Waals surface area contributed by atoms with Crippen molar-refractivity contribution >= 4 is 29.4 Å². The summed E-state index contributed by atoms with van der Waals surface area (Å²) in [4.78, 5) is 49.6. The highest BCUT2D eigenvalue weighted by atomic mass is 16.5. The average molecular weight is 452 g/mol. The van der Waals surface area contributed by atoms with Crippen molar-refractivity contribution in [2.75, 3.05) is 18.5 Å². The van der Waals surface area contributed by atoms with Gasteiger partial charge in [-0.15, -0.1) is 0 Å². The maximum absolute atomic E-state index is 12.5. The lowest BCUT2D eigenvalue weighted by molar-refractivity contribution is -0.151. The molecule has 1 aliphatic heterocycles. The molecule has 0 spiro atoms. The molecule has 2 N–H and O–H groups in total. The summed E-state index contributed by atoms with van der Waals surface area (Å²) in [6.45, 7) is 5.36. The van der Waals surface area contributed by atoms with Gasteiger partial charge < -0.3 is 10.1 Å². The van der Waals surface area contributed by atoms with Crippen LogP contribution in [0.3, 0.4) is 0 Å². The Labute approximate surface area is 193 Å². The van der Waals surface area contributed by atoms with Crippen LogP contribution in [0, 0.1) is 12.8 Å². The van der Waals surface area contributed by atoms with Crippen molar-refractivity contribution in [1.82, 2.24) is 10.4 Å². The molecule has 33 heavy (non-hydrogen) atoms. The molecule has 1 aliphatic rings. The third kappa shape index (κ3) is 5.77. The molecule has 1 saturated heterocycles. The molecule has 0 unspecified atom stereocenters. The quantitative estimate of drug-likeness (QED) is 0.601. The molecule has 8 nitrogen and oxygen atoms in total. The van der Waals surface area contributed by atoms with Crippen molar-refractivity contribution in [2.45, 2.75) is 40.0 Å². The van der Waals surface area contributed by atoms with Crippen molar-refractivity contribution in [1.29, 1.82) is 0 Å². The molecule has 1 fully saturated rings. The molecule has 3 amide bonds.